The average molecular weight is 371 g/mol. The second kappa shape index (κ2) is 6.00. The summed E-state index contributed by atoms with van der Waals surface area (Å²) in [6.45, 7) is 0. The highest BCUT2D eigenvalue weighted by atomic mass is 32.2. The van der Waals surface area contributed by atoms with Crippen molar-refractivity contribution in [3.8, 4) is 11.6 Å². The molecule has 2 N–H and O–H groups in total. The maximum atomic E-state index is 12.4. The number of aromatic nitrogens is 5. The minimum Gasteiger partial charge on any atom is -0.461 e. The highest BCUT2D eigenvalue weighted by Gasteiger charge is 2.26. The number of fused-ring (bicyclic) bond motifs is 1. The number of hydrogen-bond acceptors (Lipinski definition) is 9. The van der Waals surface area contributed by atoms with Crippen molar-refractivity contribution in [2.24, 2.45) is 0 Å². The molecule has 12 heteroatoms. The van der Waals surface area contributed by atoms with Crippen LogP contribution in [0.2, 0.25) is 0 Å². The van der Waals surface area contributed by atoms with E-state index in [1.54, 1.807) is 30.3 Å². The summed E-state index contributed by atoms with van der Waals surface area (Å²) >= 11 is 0.773. The molecule has 4 rings (SSSR count). The molecule has 0 aliphatic carbocycles. The van der Waals surface area contributed by atoms with Crippen molar-refractivity contribution < 1.29 is 9.34 Å². The zero-order valence-corrected chi connectivity index (χ0v) is 13.7. The van der Waals surface area contributed by atoms with E-state index in [4.69, 9.17) is 10.3 Å². The van der Waals surface area contributed by atoms with Crippen molar-refractivity contribution in [1.82, 2.24) is 24.3 Å². The molecular formula is C14H9N7O4S. The van der Waals surface area contributed by atoms with Gasteiger partial charge in [0.2, 0.25) is 11.0 Å². The molecule has 0 saturated carbocycles. The number of furan rings is 1. The van der Waals surface area contributed by atoms with Crippen LogP contribution in [-0.4, -0.2) is 29.2 Å². The third-order valence-corrected chi connectivity index (χ3v) is 4.39. The van der Waals surface area contributed by atoms with Crippen LogP contribution in [0.15, 0.2) is 62.2 Å². The van der Waals surface area contributed by atoms with Crippen molar-refractivity contribution in [3.63, 3.8) is 0 Å². The maximum absolute atomic E-state index is 12.4. The molecule has 4 aromatic rings. The number of hydrogen-bond donors (Lipinski definition) is 1. The lowest BCUT2D eigenvalue weighted by atomic mass is 10.4. The molecule has 4 heterocycles. The number of nitro groups is 1. The van der Waals surface area contributed by atoms with Crippen LogP contribution in [0.25, 0.3) is 17.2 Å². The lowest BCUT2D eigenvalue weighted by molar-refractivity contribution is -0.389. The molecule has 0 radical (unpaired) electrons. The normalized spacial score (nSPS) is 11.1. The molecule has 130 valence electrons. The van der Waals surface area contributed by atoms with Gasteiger partial charge in [-0.05, 0) is 36.0 Å². The Labute approximate surface area is 148 Å². The van der Waals surface area contributed by atoms with Gasteiger partial charge in [-0.15, -0.1) is 10.2 Å². The van der Waals surface area contributed by atoms with Gasteiger partial charge in [0, 0.05) is 6.20 Å². The van der Waals surface area contributed by atoms with Crippen LogP contribution in [0.5, 0.6) is 0 Å². The van der Waals surface area contributed by atoms with Gasteiger partial charge in [0.05, 0.1) is 11.2 Å². The van der Waals surface area contributed by atoms with E-state index in [9.17, 15) is 14.9 Å². The van der Waals surface area contributed by atoms with Crippen molar-refractivity contribution >= 4 is 23.1 Å². The Hall–Kier alpha value is -3.67. The molecule has 26 heavy (non-hydrogen) atoms. The topological polar surface area (TPSA) is 147 Å². The molecule has 0 fully saturated rings. The van der Waals surface area contributed by atoms with Crippen LogP contribution >= 0.6 is 11.8 Å². The largest absolute Gasteiger partial charge is 0.461 e. The van der Waals surface area contributed by atoms with E-state index in [0.717, 1.165) is 20.8 Å². The van der Waals surface area contributed by atoms with E-state index in [0.29, 0.717) is 5.76 Å². The molecule has 4 aromatic heterocycles. The fraction of sp³-hybridized carbons (Fsp3) is 0. The molecule has 0 aliphatic rings. The summed E-state index contributed by atoms with van der Waals surface area (Å²) in [6.07, 6.45) is 2.86. The second-order valence-electron chi connectivity index (χ2n) is 5.01. The third kappa shape index (κ3) is 2.48. The molecular weight excluding hydrogens is 362 g/mol. The highest BCUT2D eigenvalue weighted by Crippen LogP contribution is 2.31. The number of pyridine rings is 1. The minimum absolute atomic E-state index is 0.117. The van der Waals surface area contributed by atoms with Crippen LogP contribution in [0.4, 0.5) is 5.69 Å². The number of nitrogens with two attached hydrogens (primary N) is 1. The van der Waals surface area contributed by atoms with Crippen molar-refractivity contribution in [3.05, 3.63) is 63.3 Å². The van der Waals surface area contributed by atoms with E-state index < -0.39 is 16.2 Å². The summed E-state index contributed by atoms with van der Waals surface area (Å²) in [5, 5.41) is 19.2. The summed E-state index contributed by atoms with van der Waals surface area (Å²) in [7, 11) is 0. The maximum Gasteiger partial charge on any atom is 0.366 e. The zero-order valence-electron chi connectivity index (χ0n) is 12.8. The molecule has 11 nitrogen and oxygen atoms in total. The fourth-order valence-corrected chi connectivity index (χ4v) is 3.13. The molecule has 0 amide bonds. The summed E-state index contributed by atoms with van der Waals surface area (Å²) in [5.41, 5.74) is -1.20. The van der Waals surface area contributed by atoms with Crippen LogP contribution < -0.4 is 11.4 Å². The Morgan fingerprint density at radius 2 is 2.08 bits per heavy atom. The first-order chi connectivity index (χ1) is 12.6. The first-order valence-electron chi connectivity index (χ1n) is 7.14. The van der Waals surface area contributed by atoms with Gasteiger partial charge in [-0.2, -0.15) is 0 Å². The van der Waals surface area contributed by atoms with Crippen LogP contribution in [0.3, 0.4) is 0 Å². The van der Waals surface area contributed by atoms with Crippen molar-refractivity contribution in [1.29, 1.82) is 0 Å². The van der Waals surface area contributed by atoms with Gasteiger partial charge in [0.15, 0.2) is 10.8 Å². The lowest BCUT2D eigenvalue weighted by Gasteiger charge is -2.05. The van der Waals surface area contributed by atoms with Gasteiger partial charge >= 0.3 is 11.2 Å². The third-order valence-electron chi connectivity index (χ3n) is 3.46. The first kappa shape index (κ1) is 15.8. The molecule has 0 aromatic carbocycles. The van der Waals surface area contributed by atoms with Crippen LogP contribution in [0.1, 0.15) is 0 Å². The highest BCUT2D eigenvalue weighted by molar-refractivity contribution is 7.99. The number of nitrogens with zero attached hydrogens (tertiary/aromatic N) is 6. The standard InChI is InChI=1S/C14H9N7O4S/c15-20-11(8-4-3-7-25-8)17-18-14(20)26-12-10(21(23)24)13(22)19-6-2-1-5-9(19)16-12/h1-7H,15H2. The van der Waals surface area contributed by atoms with Gasteiger partial charge in [0.25, 0.3) is 0 Å². The van der Waals surface area contributed by atoms with Gasteiger partial charge in [0.1, 0.15) is 5.65 Å². The molecule has 0 atom stereocenters. The zero-order chi connectivity index (χ0) is 18.3. The fourth-order valence-electron chi connectivity index (χ4n) is 2.29. The Bertz CT molecular complexity index is 1180. The molecule has 0 unspecified atom stereocenters. The first-order valence-corrected chi connectivity index (χ1v) is 7.96. The van der Waals surface area contributed by atoms with E-state index in [1.165, 1.54) is 12.5 Å². The predicted molar refractivity (Wildman–Crippen MR) is 90.1 cm³/mol. The Morgan fingerprint density at radius 1 is 1.23 bits per heavy atom. The Balaban J connectivity index is 1.84. The SMILES string of the molecule is Nn1c(Sc2nc3ccccn3c(=O)c2[N+](=O)[O-])nnc1-c1ccco1. The lowest BCUT2D eigenvalue weighted by Crippen LogP contribution is -2.20. The molecule has 0 aliphatic heterocycles. The van der Waals surface area contributed by atoms with E-state index in [1.807, 2.05) is 0 Å². The molecule has 0 spiro atoms. The number of rotatable bonds is 4. The van der Waals surface area contributed by atoms with Gasteiger partial charge in [-0.3, -0.25) is 19.3 Å². The van der Waals surface area contributed by atoms with Gasteiger partial charge in [-0.1, -0.05) is 6.07 Å². The van der Waals surface area contributed by atoms with Crippen LogP contribution in [-0.2, 0) is 0 Å². The van der Waals surface area contributed by atoms with E-state index in [2.05, 4.69) is 15.2 Å². The predicted octanol–water partition coefficient (Wildman–Crippen LogP) is 1.32. The summed E-state index contributed by atoms with van der Waals surface area (Å²) in [6, 6.07) is 8.12. The monoisotopic (exact) mass is 371 g/mol. The summed E-state index contributed by atoms with van der Waals surface area (Å²) in [5.74, 6) is 6.57. The Kier molecular flexibility index (Phi) is 3.65. The quantitative estimate of drug-likeness (QED) is 0.243. The van der Waals surface area contributed by atoms with Crippen molar-refractivity contribution in [2.75, 3.05) is 5.84 Å². The van der Waals surface area contributed by atoms with Gasteiger partial charge in [-0.25, -0.2) is 9.66 Å². The summed E-state index contributed by atoms with van der Waals surface area (Å²) in [4.78, 5) is 27.3. The molecule has 0 saturated heterocycles. The molecule has 0 bridgehead atoms. The smallest absolute Gasteiger partial charge is 0.366 e. The van der Waals surface area contributed by atoms with Crippen molar-refractivity contribution in [2.45, 2.75) is 10.2 Å². The van der Waals surface area contributed by atoms with Gasteiger partial charge < -0.3 is 10.3 Å². The van der Waals surface area contributed by atoms with Crippen LogP contribution in [0, 0.1) is 10.1 Å². The summed E-state index contributed by atoms with van der Waals surface area (Å²) < 4.78 is 7.43. The number of nitrogen functional groups attached to an aromatic ring is 1. The van der Waals surface area contributed by atoms with E-state index in [-0.39, 0.29) is 21.7 Å². The average Bonchev–Trinajstić information content (AvgIpc) is 3.25. The minimum atomic E-state index is -0.794. The Morgan fingerprint density at radius 3 is 2.81 bits per heavy atom. The van der Waals surface area contributed by atoms with E-state index >= 15 is 0 Å². The second-order valence-corrected chi connectivity index (χ2v) is 5.97.